The Kier molecular flexibility index (Phi) is 5.79. The number of hydrogen-bond acceptors (Lipinski definition) is 2. The van der Waals surface area contributed by atoms with Crippen molar-refractivity contribution < 1.29 is 4.39 Å². The molecule has 1 fully saturated rings. The van der Waals surface area contributed by atoms with Crippen molar-refractivity contribution in [2.75, 3.05) is 19.6 Å². The smallest absolute Gasteiger partial charge is 0.137 e. The summed E-state index contributed by atoms with van der Waals surface area (Å²) in [5, 5.41) is 3.47. The summed E-state index contributed by atoms with van der Waals surface area (Å²) >= 11 is 3.17. The molecule has 1 unspecified atom stereocenters. The van der Waals surface area contributed by atoms with Crippen LogP contribution < -0.4 is 5.32 Å². The predicted octanol–water partition coefficient (Wildman–Crippen LogP) is 3.55. The zero-order valence-corrected chi connectivity index (χ0v) is 13.0. The Bertz CT molecular complexity index is 405. The van der Waals surface area contributed by atoms with E-state index in [-0.39, 0.29) is 5.82 Å². The molecule has 0 bridgehead atoms. The molecule has 1 aliphatic heterocycles. The molecule has 0 amide bonds. The van der Waals surface area contributed by atoms with Crippen molar-refractivity contribution in [3.05, 3.63) is 34.1 Å². The lowest BCUT2D eigenvalue weighted by molar-refractivity contribution is 0.209. The standard InChI is InChI=1S/C15H22BrFN2/c1-12(11-19-7-3-2-4-8-19)18-10-13-5-6-14(16)15(17)9-13/h5-6,9,12,18H,2-4,7-8,10-11H2,1H3. The lowest BCUT2D eigenvalue weighted by Gasteiger charge is -2.29. The zero-order valence-electron chi connectivity index (χ0n) is 11.5. The van der Waals surface area contributed by atoms with Crippen molar-refractivity contribution in [3.8, 4) is 0 Å². The maximum Gasteiger partial charge on any atom is 0.137 e. The molecule has 2 nitrogen and oxygen atoms in total. The molecule has 0 aromatic heterocycles. The van der Waals surface area contributed by atoms with E-state index < -0.39 is 0 Å². The lowest BCUT2D eigenvalue weighted by atomic mass is 10.1. The van der Waals surface area contributed by atoms with Crippen LogP contribution in [0, 0.1) is 5.82 Å². The fourth-order valence-electron chi connectivity index (χ4n) is 2.54. The third kappa shape index (κ3) is 4.86. The van der Waals surface area contributed by atoms with Gasteiger partial charge in [0, 0.05) is 19.1 Å². The average Bonchev–Trinajstić information content (AvgIpc) is 2.41. The molecule has 0 radical (unpaired) electrons. The molecule has 0 aliphatic carbocycles. The minimum absolute atomic E-state index is 0.192. The van der Waals surface area contributed by atoms with Crippen molar-refractivity contribution in [2.24, 2.45) is 0 Å². The number of piperidine rings is 1. The van der Waals surface area contributed by atoms with Crippen LogP contribution >= 0.6 is 15.9 Å². The number of benzene rings is 1. The van der Waals surface area contributed by atoms with Gasteiger partial charge in [-0.1, -0.05) is 12.5 Å². The van der Waals surface area contributed by atoms with Crippen LogP contribution in [0.5, 0.6) is 0 Å². The third-order valence-corrected chi connectivity index (χ3v) is 4.26. The average molecular weight is 329 g/mol. The molecule has 2 rings (SSSR count). The van der Waals surface area contributed by atoms with Gasteiger partial charge >= 0.3 is 0 Å². The fraction of sp³-hybridized carbons (Fsp3) is 0.600. The SMILES string of the molecule is CC(CN1CCCCC1)NCc1ccc(Br)c(F)c1. The molecule has 1 atom stereocenters. The second-order valence-electron chi connectivity index (χ2n) is 5.39. The van der Waals surface area contributed by atoms with E-state index in [1.165, 1.54) is 32.4 Å². The maximum atomic E-state index is 13.4. The van der Waals surface area contributed by atoms with E-state index in [0.717, 1.165) is 18.7 Å². The van der Waals surface area contributed by atoms with Crippen LogP contribution in [0.15, 0.2) is 22.7 Å². The summed E-state index contributed by atoms with van der Waals surface area (Å²) < 4.78 is 13.9. The van der Waals surface area contributed by atoms with E-state index in [1.54, 1.807) is 12.1 Å². The van der Waals surface area contributed by atoms with E-state index in [2.05, 4.69) is 33.1 Å². The summed E-state index contributed by atoms with van der Waals surface area (Å²) in [5.74, 6) is -0.192. The van der Waals surface area contributed by atoms with Crippen molar-refractivity contribution in [1.82, 2.24) is 10.2 Å². The molecule has 4 heteroatoms. The van der Waals surface area contributed by atoms with Gasteiger partial charge in [-0.3, -0.25) is 0 Å². The van der Waals surface area contributed by atoms with Gasteiger partial charge in [0.25, 0.3) is 0 Å². The highest BCUT2D eigenvalue weighted by Gasteiger charge is 2.13. The second-order valence-corrected chi connectivity index (χ2v) is 6.25. The van der Waals surface area contributed by atoms with Crippen LogP contribution in [0.3, 0.4) is 0 Å². The van der Waals surface area contributed by atoms with Gasteiger partial charge in [-0.15, -0.1) is 0 Å². The minimum atomic E-state index is -0.192. The van der Waals surface area contributed by atoms with E-state index >= 15 is 0 Å². The molecule has 1 saturated heterocycles. The minimum Gasteiger partial charge on any atom is -0.309 e. The topological polar surface area (TPSA) is 15.3 Å². The zero-order chi connectivity index (χ0) is 13.7. The molecule has 0 spiro atoms. The molecular formula is C15H22BrFN2. The van der Waals surface area contributed by atoms with Gasteiger partial charge in [-0.05, 0) is 66.5 Å². The van der Waals surface area contributed by atoms with E-state index in [4.69, 9.17) is 0 Å². The molecule has 106 valence electrons. The summed E-state index contributed by atoms with van der Waals surface area (Å²) in [6.07, 6.45) is 4.02. The van der Waals surface area contributed by atoms with Crippen LogP contribution in [0.25, 0.3) is 0 Å². The van der Waals surface area contributed by atoms with E-state index in [1.807, 2.05) is 6.07 Å². The van der Waals surface area contributed by atoms with Crippen LogP contribution in [0.1, 0.15) is 31.7 Å². The summed E-state index contributed by atoms with van der Waals surface area (Å²) in [6, 6.07) is 5.74. The molecule has 1 heterocycles. The van der Waals surface area contributed by atoms with Crippen LogP contribution in [-0.4, -0.2) is 30.6 Å². The second kappa shape index (κ2) is 7.36. The normalized spacial score (nSPS) is 18.5. The highest BCUT2D eigenvalue weighted by Crippen LogP contribution is 2.16. The van der Waals surface area contributed by atoms with E-state index in [0.29, 0.717) is 10.5 Å². The number of hydrogen-bond donors (Lipinski definition) is 1. The van der Waals surface area contributed by atoms with Crippen molar-refractivity contribution in [3.63, 3.8) is 0 Å². The first kappa shape index (κ1) is 14.9. The Morgan fingerprint density at radius 1 is 1.32 bits per heavy atom. The van der Waals surface area contributed by atoms with Gasteiger partial charge in [0.2, 0.25) is 0 Å². The Morgan fingerprint density at radius 2 is 2.05 bits per heavy atom. The van der Waals surface area contributed by atoms with Gasteiger partial charge in [-0.25, -0.2) is 4.39 Å². The number of rotatable bonds is 5. The summed E-state index contributed by atoms with van der Waals surface area (Å²) in [6.45, 7) is 6.44. The van der Waals surface area contributed by atoms with Gasteiger partial charge in [0.05, 0.1) is 4.47 Å². The largest absolute Gasteiger partial charge is 0.309 e. The molecule has 0 saturated carbocycles. The molecule has 19 heavy (non-hydrogen) atoms. The Balaban J connectivity index is 1.75. The highest BCUT2D eigenvalue weighted by molar-refractivity contribution is 9.10. The number of halogens is 2. The van der Waals surface area contributed by atoms with Crippen LogP contribution in [0.2, 0.25) is 0 Å². The Morgan fingerprint density at radius 3 is 2.74 bits per heavy atom. The summed E-state index contributed by atoms with van der Waals surface area (Å²) in [5.41, 5.74) is 0.992. The van der Waals surface area contributed by atoms with Crippen LogP contribution in [-0.2, 0) is 6.54 Å². The Hall–Kier alpha value is -0.450. The third-order valence-electron chi connectivity index (χ3n) is 3.62. The van der Waals surface area contributed by atoms with Gasteiger partial charge in [0.1, 0.15) is 5.82 Å². The monoisotopic (exact) mass is 328 g/mol. The first-order valence-corrected chi connectivity index (χ1v) is 7.84. The number of likely N-dealkylation sites (tertiary alicyclic amines) is 1. The predicted molar refractivity (Wildman–Crippen MR) is 80.7 cm³/mol. The van der Waals surface area contributed by atoms with E-state index in [9.17, 15) is 4.39 Å². The highest BCUT2D eigenvalue weighted by atomic mass is 79.9. The maximum absolute atomic E-state index is 13.4. The van der Waals surface area contributed by atoms with Gasteiger partial charge in [0.15, 0.2) is 0 Å². The number of nitrogens with one attached hydrogen (secondary N) is 1. The molecule has 1 aliphatic rings. The lowest BCUT2D eigenvalue weighted by Crippen LogP contribution is -2.41. The Labute approximate surface area is 123 Å². The summed E-state index contributed by atoms with van der Waals surface area (Å²) in [4.78, 5) is 2.52. The van der Waals surface area contributed by atoms with Gasteiger partial charge < -0.3 is 10.2 Å². The summed E-state index contributed by atoms with van der Waals surface area (Å²) in [7, 11) is 0. The molecule has 1 aromatic rings. The van der Waals surface area contributed by atoms with Crippen LogP contribution in [0.4, 0.5) is 4.39 Å². The van der Waals surface area contributed by atoms with Gasteiger partial charge in [-0.2, -0.15) is 0 Å². The molecular weight excluding hydrogens is 307 g/mol. The van der Waals surface area contributed by atoms with Crippen molar-refractivity contribution in [1.29, 1.82) is 0 Å². The number of nitrogens with zero attached hydrogens (tertiary/aromatic N) is 1. The van der Waals surface area contributed by atoms with Crippen molar-refractivity contribution in [2.45, 2.75) is 38.8 Å². The molecule has 1 aromatic carbocycles. The van der Waals surface area contributed by atoms with Crippen molar-refractivity contribution >= 4 is 15.9 Å². The fourth-order valence-corrected chi connectivity index (χ4v) is 2.78. The first-order chi connectivity index (χ1) is 9.15. The molecule has 1 N–H and O–H groups in total. The quantitative estimate of drug-likeness (QED) is 0.889. The first-order valence-electron chi connectivity index (χ1n) is 7.05.